The first kappa shape index (κ1) is 17.7. The predicted molar refractivity (Wildman–Crippen MR) is 89.1 cm³/mol. The van der Waals surface area contributed by atoms with Crippen molar-refractivity contribution in [2.45, 2.75) is 38.6 Å². The maximum absolute atomic E-state index is 12.0. The number of nitrogens with one attached hydrogen (secondary N) is 2. The summed E-state index contributed by atoms with van der Waals surface area (Å²) < 4.78 is 5.64. The first-order valence-corrected chi connectivity index (χ1v) is 8.24. The Kier molecular flexibility index (Phi) is 6.83. The van der Waals surface area contributed by atoms with Crippen molar-refractivity contribution in [2.24, 2.45) is 0 Å². The number of carbonyl (C=O) groups is 1. The molecule has 3 atom stereocenters. The molecule has 0 radical (unpaired) electrons. The van der Waals surface area contributed by atoms with Crippen LogP contribution in [0.2, 0.25) is 0 Å². The summed E-state index contributed by atoms with van der Waals surface area (Å²) >= 11 is 0. The molecule has 1 aliphatic heterocycles. The molecular formula is C17H27N3O3. The zero-order chi connectivity index (χ0) is 16.7. The molecular weight excluding hydrogens is 294 g/mol. The van der Waals surface area contributed by atoms with Gasteiger partial charge >= 0.3 is 6.03 Å². The predicted octanol–water partition coefficient (Wildman–Crippen LogP) is 0.956. The van der Waals surface area contributed by atoms with Gasteiger partial charge in [0, 0.05) is 13.1 Å². The van der Waals surface area contributed by atoms with E-state index in [0.717, 1.165) is 18.7 Å². The average Bonchev–Trinajstić information content (AvgIpc) is 2.92. The van der Waals surface area contributed by atoms with E-state index in [1.165, 1.54) is 0 Å². The van der Waals surface area contributed by atoms with Crippen molar-refractivity contribution in [3.8, 4) is 0 Å². The van der Waals surface area contributed by atoms with Crippen LogP contribution in [0.15, 0.2) is 30.3 Å². The summed E-state index contributed by atoms with van der Waals surface area (Å²) in [6.07, 6.45) is -0.938. The molecule has 2 rings (SSSR count). The summed E-state index contributed by atoms with van der Waals surface area (Å²) in [4.78, 5) is 14.2. The van der Waals surface area contributed by atoms with Crippen molar-refractivity contribution in [3.63, 3.8) is 0 Å². The van der Waals surface area contributed by atoms with E-state index in [1.807, 2.05) is 30.3 Å². The number of rotatable bonds is 7. The average molecular weight is 321 g/mol. The van der Waals surface area contributed by atoms with Crippen molar-refractivity contribution >= 4 is 6.03 Å². The van der Waals surface area contributed by atoms with E-state index in [9.17, 15) is 9.90 Å². The third kappa shape index (κ3) is 5.20. The molecule has 0 aromatic heterocycles. The van der Waals surface area contributed by atoms with Crippen LogP contribution in [0.3, 0.4) is 0 Å². The Bertz CT molecular complexity index is 479. The van der Waals surface area contributed by atoms with Crippen LogP contribution in [0.4, 0.5) is 4.79 Å². The largest absolute Gasteiger partial charge is 0.388 e. The molecule has 6 nitrogen and oxygen atoms in total. The minimum atomic E-state index is -0.682. The van der Waals surface area contributed by atoms with Crippen LogP contribution < -0.4 is 10.6 Å². The van der Waals surface area contributed by atoms with Gasteiger partial charge in [-0.15, -0.1) is 0 Å². The van der Waals surface area contributed by atoms with E-state index >= 15 is 0 Å². The van der Waals surface area contributed by atoms with E-state index in [0.29, 0.717) is 19.7 Å². The normalized spacial score (nSPS) is 23.9. The number of ether oxygens (including phenoxy) is 1. The number of hydrogen-bond acceptors (Lipinski definition) is 4. The lowest BCUT2D eigenvalue weighted by Crippen LogP contribution is -2.49. The molecule has 1 saturated heterocycles. The highest BCUT2D eigenvalue weighted by Gasteiger charge is 2.37. The number of urea groups is 1. The fraction of sp³-hybridized carbons (Fsp3) is 0.588. The topological polar surface area (TPSA) is 73.8 Å². The van der Waals surface area contributed by atoms with Gasteiger partial charge in [-0.25, -0.2) is 4.79 Å². The van der Waals surface area contributed by atoms with Crippen molar-refractivity contribution < 1.29 is 14.6 Å². The molecule has 0 spiro atoms. The minimum absolute atomic E-state index is 0.255. The molecule has 0 bridgehead atoms. The van der Waals surface area contributed by atoms with Crippen LogP contribution in [0, 0.1) is 0 Å². The van der Waals surface area contributed by atoms with Crippen LogP contribution >= 0.6 is 0 Å². The lowest BCUT2D eigenvalue weighted by atomic mass is 10.1. The lowest BCUT2D eigenvalue weighted by Gasteiger charge is -2.24. The van der Waals surface area contributed by atoms with Crippen molar-refractivity contribution in [1.29, 1.82) is 0 Å². The van der Waals surface area contributed by atoms with E-state index in [1.54, 1.807) is 0 Å². The van der Waals surface area contributed by atoms with Gasteiger partial charge in [0.1, 0.15) is 6.10 Å². The Labute approximate surface area is 137 Å². The molecule has 6 heteroatoms. The molecule has 0 unspecified atom stereocenters. The third-order valence-corrected chi connectivity index (χ3v) is 4.23. The van der Waals surface area contributed by atoms with Gasteiger partial charge in [0.2, 0.25) is 0 Å². The molecule has 23 heavy (non-hydrogen) atoms. The first-order chi connectivity index (χ1) is 11.1. The molecule has 1 fully saturated rings. The standard InChI is InChI=1S/C17H27N3O3/c1-3-20(4-2)11-15-16(21)14(12-23-15)19-17(22)18-10-13-8-6-5-7-9-13/h5-9,14-16,21H,3-4,10-12H2,1-2H3,(H2,18,19,22)/t14-,15+,16-/m1/s1. The Morgan fingerprint density at radius 2 is 2.00 bits per heavy atom. The minimum Gasteiger partial charge on any atom is -0.388 e. The van der Waals surface area contributed by atoms with Crippen molar-refractivity contribution in [2.75, 3.05) is 26.2 Å². The van der Waals surface area contributed by atoms with Gasteiger partial charge in [0.15, 0.2) is 0 Å². The zero-order valence-corrected chi connectivity index (χ0v) is 13.9. The van der Waals surface area contributed by atoms with E-state index in [4.69, 9.17) is 4.74 Å². The van der Waals surface area contributed by atoms with Crippen LogP contribution in [-0.4, -0.2) is 60.5 Å². The van der Waals surface area contributed by atoms with E-state index in [-0.39, 0.29) is 18.2 Å². The monoisotopic (exact) mass is 321 g/mol. The number of nitrogens with zero attached hydrogens (tertiary/aromatic N) is 1. The zero-order valence-electron chi connectivity index (χ0n) is 13.9. The quantitative estimate of drug-likeness (QED) is 0.699. The van der Waals surface area contributed by atoms with Crippen LogP contribution in [0.25, 0.3) is 0 Å². The molecule has 1 aromatic rings. The highest BCUT2D eigenvalue weighted by atomic mass is 16.5. The van der Waals surface area contributed by atoms with Gasteiger partial charge in [0.05, 0.1) is 18.8 Å². The number of carbonyl (C=O) groups excluding carboxylic acids is 1. The molecule has 1 aromatic carbocycles. The number of aliphatic hydroxyl groups excluding tert-OH is 1. The Balaban J connectivity index is 1.76. The second-order valence-electron chi connectivity index (χ2n) is 5.77. The second-order valence-corrected chi connectivity index (χ2v) is 5.77. The molecule has 1 aliphatic rings. The van der Waals surface area contributed by atoms with Gasteiger partial charge in [-0.1, -0.05) is 44.2 Å². The summed E-state index contributed by atoms with van der Waals surface area (Å²) in [5.41, 5.74) is 1.03. The number of aliphatic hydroxyl groups is 1. The summed E-state index contributed by atoms with van der Waals surface area (Å²) in [5, 5.41) is 15.9. The van der Waals surface area contributed by atoms with Crippen molar-refractivity contribution in [1.82, 2.24) is 15.5 Å². The molecule has 0 saturated carbocycles. The second kappa shape index (κ2) is 8.86. The summed E-state index contributed by atoms with van der Waals surface area (Å²) in [7, 11) is 0. The van der Waals surface area contributed by atoms with Crippen molar-refractivity contribution in [3.05, 3.63) is 35.9 Å². The molecule has 0 aliphatic carbocycles. The Morgan fingerprint density at radius 1 is 1.30 bits per heavy atom. The molecule has 3 N–H and O–H groups in total. The highest BCUT2D eigenvalue weighted by molar-refractivity contribution is 5.74. The summed E-state index contributed by atoms with van der Waals surface area (Å²) in [5.74, 6) is 0. The summed E-state index contributed by atoms with van der Waals surface area (Å²) in [6, 6.07) is 9.05. The van der Waals surface area contributed by atoms with Crippen LogP contribution in [0.1, 0.15) is 19.4 Å². The smallest absolute Gasteiger partial charge is 0.315 e. The van der Waals surface area contributed by atoms with Gasteiger partial charge in [-0.2, -0.15) is 0 Å². The highest BCUT2D eigenvalue weighted by Crippen LogP contribution is 2.15. The fourth-order valence-electron chi connectivity index (χ4n) is 2.71. The lowest BCUT2D eigenvalue weighted by molar-refractivity contribution is 0.0173. The fourth-order valence-corrected chi connectivity index (χ4v) is 2.71. The number of likely N-dealkylation sites (N-methyl/N-ethyl adjacent to an activating group) is 1. The number of benzene rings is 1. The Morgan fingerprint density at radius 3 is 2.65 bits per heavy atom. The maximum atomic E-state index is 12.0. The number of amides is 2. The SMILES string of the molecule is CCN(CC)C[C@@H]1OC[C@@H](NC(=O)NCc2ccccc2)[C@H]1O. The van der Waals surface area contributed by atoms with E-state index < -0.39 is 6.10 Å². The van der Waals surface area contributed by atoms with Crippen LogP contribution in [0.5, 0.6) is 0 Å². The molecule has 2 amide bonds. The van der Waals surface area contributed by atoms with Gasteiger partial charge in [0.25, 0.3) is 0 Å². The van der Waals surface area contributed by atoms with Gasteiger partial charge in [-0.05, 0) is 18.7 Å². The van der Waals surface area contributed by atoms with E-state index in [2.05, 4.69) is 29.4 Å². The summed E-state index contributed by atoms with van der Waals surface area (Å²) in [6.45, 7) is 7.47. The maximum Gasteiger partial charge on any atom is 0.315 e. The molecule has 1 heterocycles. The number of hydrogen-bond donors (Lipinski definition) is 3. The first-order valence-electron chi connectivity index (χ1n) is 8.24. The molecule has 128 valence electrons. The van der Waals surface area contributed by atoms with Gasteiger partial charge < -0.3 is 25.4 Å². The third-order valence-electron chi connectivity index (χ3n) is 4.23. The van der Waals surface area contributed by atoms with Crippen LogP contribution in [-0.2, 0) is 11.3 Å². The Hall–Kier alpha value is -1.63. The van der Waals surface area contributed by atoms with Gasteiger partial charge in [-0.3, -0.25) is 0 Å².